The fraction of sp³-hybridized carbons (Fsp3) is 0.292. The van der Waals surface area contributed by atoms with Crippen molar-refractivity contribution in [3.05, 3.63) is 93.9 Å². The molecule has 2 N–H and O–H groups in total. The van der Waals surface area contributed by atoms with Crippen molar-refractivity contribution >= 4 is 17.5 Å². The van der Waals surface area contributed by atoms with Gasteiger partial charge in [-0.25, -0.2) is 0 Å². The van der Waals surface area contributed by atoms with Crippen molar-refractivity contribution in [1.82, 2.24) is 15.1 Å². The van der Waals surface area contributed by atoms with Gasteiger partial charge in [0.05, 0.1) is 12.7 Å². The van der Waals surface area contributed by atoms with Gasteiger partial charge in [0.1, 0.15) is 0 Å². The fourth-order valence-electron chi connectivity index (χ4n) is 4.07. The van der Waals surface area contributed by atoms with Crippen LogP contribution >= 0.6 is 11.6 Å². The van der Waals surface area contributed by atoms with Gasteiger partial charge in [0, 0.05) is 17.0 Å². The molecule has 0 radical (unpaired) electrons. The number of aromatic hydroxyl groups is 1. The second-order valence-corrected chi connectivity index (χ2v) is 8.18. The molecule has 1 saturated carbocycles. The third kappa shape index (κ3) is 5.14. The number of amides is 1. The molecule has 0 aliphatic heterocycles. The summed E-state index contributed by atoms with van der Waals surface area (Å²) in [5, 5.41) is 17.8. The van der Waals surface area contributed by atoms with Gasteiger partial charge in [0.2, 0.25) is 0 Å². The molecule has 1 heterocycles. The average molecular weight is 440 g/mol. The van der Waals surface area contributed by atoms with Crippen molar-refractivity contribution < 1.29 is 9.90 Å². The Bertz CT molecular complexity index is 1060. The first-order valence-electron chi connectivity index (χ1n) is 10.2. The Morgan fingerprint density at radius 2 is 1.94 bits per heavy atom. The van der Waals surface area contributed by atoms with E-state index in [1.165, 1.54) is 10.9 Å². The van der Waals surface area contributed by atoms with E-state index in [2.05, 4.69) is 23.6 Å². The van der Waals surface area contributed by atoms with Gasteiger partial charge in [-0.2, -0.15) is 5.10 Å². The van der Waals surface area contributed by atoms with Crippen molar-refractivity contribution in [2.24, 2.45) is 0 Å². The molecule has 2 aromatic rings. The lowest BCUT2D eigenvalue weighted by Crippen LogP contribution is -2.35. The smallest absolute Gasteiger partial charge is 0.276 e. The van der Waals surface area contributed by atoms with E-state index in [9.17, 15) is 14.7 Å². The molecule has 1 amide bonds. The van der Waals surface area contributed by atoms with Crippen LogP contribution in [0.1, 0.15) is 41.7 Å². The van der Waals surface area contributed by atoms with E-state index in [1.54, 1.807) is 18.2 Å². The predicted octanol–water partition coefficient (Wildman–Crippen LogP) is 4.14. The van der Waals surface area contributed by atoms with Crippen molar-refractivity contribution in [2.75, 3.05) is 6.54 Å². The number of carbonyl (C=O) groups excluding carboxylic acids is 1. The van der Waals surface area contributed by atoms with Gasteiger partial charge in [-0.15, -0.1) is 0 Å². The van der Waals surface area contributed by atoms with Crippen LogP contribution in [0.5, 0.6) is 5.75 Å². The Morgan fingerprint density at radius 1 is 1.26 bits per heavy atom. The summed E-state index contributed by atoms with van der Waals surface area (Å²) in [4.78, 5) is 25.0. The molecule has 162 valence electrons. The number of halogens is 1. The Morgan fingerprint density at radius 3 is 2.55 bits per heavy atom. The first-order valence-corrected chi connectivity index (χ1v) is 10.6. The average Bonchev–Trinajstić information content (AvgIpc) is 3.23. The van der Waals surface area contributed by atoms with E-state index in [1.807, 2.05) is 24.3 Å². The van der Waals surface area contributed by atoms with Gasteiger partial charge >= 0.3 is 0 Å². The van der Waals surface area contributed by atoms with Gasteiger partial charge in [-0.3, -0.25) is 14.3 Å². The van der Waals surface area contributed by atoms with E-state index in [4.69, 9.17) is 11.6 Å². The van der Waals surface area contributed by atoms with Crippen LogP contribution in [-0.2, 0) is 12.0 Å². The lowest BCUT2D eigenvalue weighted by atomic mass is 9.79. The molecule has 7 heteroatoms. The molecular weight excluding hydrogens is 414 g/mol. The summed E-state index contributed by atoms with van der Waals surface area (Å²) in [6, 6.07) is 7.74. The van der Waals surface area contributed by atoms with Crippen LogP contribution in [0, 0.1) is 0 Å². The Kier molecular flexibility index (Phi) is 7.13. The summed E-state index contributed by atoms with van der Waals surface area (Å²) in [7, 11) is 0. The van der Waals surface area contributed by atoms with Crippen LogP contribution in [0.3, 0.4) is 0 Å². The molecule has 1 aliphatic carbocycles. The summed E-state index contributed by atoms with van der Waals surface area (Å²) >= 11 is 6.05. The predicted molar refractivity (Wildman–Crippen MR) is 123 cm³/mol. The number of rotatable bonds is 8. The van der Waals surface area contributed by atoms with Crippen LogP contribution in [0.2, 0.25) is 5.02 Å². The number of hydrogen-bond acceptors (Lipinski definition) is 4. The molecule has 31 heavy (non-hydrogen) atoms. The standard InChI is InChI=1S/C24H26ClN3O3/c1-3-7-17(4-2)14-26-23(31)21-22(30)20(29)15-28(27-21)16-24(12-5-6-13-24)18-8-10-19(25)11-9-18/h3-4,7-11,15,29H,1-2,5-6,12-14,16H2,(H,26,31)/b17-7+. The number of hydrogen-bond donors (Lipinski definition) is 2. The van der Waals surface area contributed by atoms with Crippen molar-refractivity contribution in [3.63, 3.8) is 0 Å². The molecule has 0 bridgehead atoms. The third-order valence-corrected chi connectivity index (χ3v) is 5.94. The molecule has 6 nitrogen and oxygen atoms in total. The molecule has 0 spiro atoms. The fourth-order valence-corrected chi connectivity index (χ4v) is 4.20. The summed E-state index contributed by atoms with van der Waals surface area (Å²) in [5.74, 6) is -1.16. The largest absolute Gasteiger partial charge is 0.503 e. The summed E-state index contributed by atoms with van der Waals surface area (Å²) in [6.07, 6.45) is 10.2. The Hall–Kier alpha value is -3.12. The monoisotopic (exact) mass is 439 g/mol. The number of benzene rings is 1. The zero-order valence-electron chi connectivity index (χ0n) is 17.3. The van der Waals surface area contributed by atoms with Crippen molar-refractivity contribution in [3.8, 4) is 5.75 Å². The number of aromatic nitrogens is 2. The van der Waals surface area contributed by atoms with E-state index in [0.29, 0.717) is 11.6 Å². The van der Waals surface area contributed by atoms with E-state index >= 15 is 0 Å². The SMILES string of the molecule is C=C/C=C(\C=C)CNC(=O)c1nn(CC2(c3ccc(Cl)cc3)CCCC2)cc(O)c1=O. The number of nitrogens with one attached hydrogen (secondary N) is 1. The first-order chi connectivity index (χ1) is 14.9. The summed E-state index contributed by atoms with van der Waals surface area (Å²) in [5.41, 5.74) is 0.525. The maximum atomic E-state index is 12.6. The highest BCUT2D eigenvalue weighted by molar-refractivity contribution is 6.30. The second kappa shape index (κ2) is 9.79. The molecule has 0 unspecified atom stereocenters. The van der Waals surface area contributed by atoms with Crippen LogP contribution in [0.15, 0.2) is 72.2 Å². The second-order valence-electron chi connectivity index (χ2n) is 7.75. The molecule has 0 saturated heterocycles. The highest BCUT2D eigenvalue weighted by atomic mass is 35.5. The molecule has 1 aromatic heterocycles. The first kappa shape index (κ1) is 22.6. The zero-order valence-corrected chi connectivity index (χ0v) is 18.1. The normalized spacial score (nSPS) is 15.5. The van der Waals surface area contributed by atoms with Crippen LogP contribution < -0.4 is 10.7 Å². The highest BCUT2D eigenvalue weighted by Crippen LogP contribution is 2.42. The zero-order chi connectivity index (χ0) is 22.4. The van der Waals surface area contributed by atoms with E-state index in [-0.39, 0.29) is 17.7 Å². The maximum absolute atomic E-state index is 12.6. The minimum atomic E-state index is -0.798. The van der Waals surface area contributed by atoms with Gasteiger partial charge in [-0.05, 0) is 36.1 Å². The number of allylic oxidation sites excluding steroid dienone is 2. The lowest BCUT2D eigenvalue weighted by molar-refractivity contribution is 0.0947. The van der Waals surface area contributed by atoms with E-state index in [0.717, 1.165) is 36.8 Å². The van der Waals surface area contributed by atoms with Crippen molar-refractivity contribution in [1.29, 1.82) is 0 Å². The van der Waals surface area contributed by atoms with Gasteiger partial charge in [0.15, 0.2) is 11.4 Å². The Labute approximate surface area is 186 Å². The number of nitrogens with zero attached hydrogens (tertiary/aromatic N) is 2. The third-order valence-electron chi connectivity index (χ3n) is 5.69. The maximum Gasteiger partial charge on any atom is 0.276 e. The molecular formula is C24H26ClN3O3. The molecule has 1 aliphatic rings. The molecule has 0 atom stereocenters. The summed E-state index contributed by atoms with van der Waals surface area (Å²) < 4.78 is 1.50. The number of carbonyl (C=O) groups is 1. The van der Waals surface area contributed by atoms with Gasteiger partial charge in [-0.1, -0.05) is 68.0 Å². The van der Waals surface area contributed by atoms with Crippen molar-refractivity contribution in [2.45, 2.75) is 37.6 Å². The van der Waals surface area contributed by atoms with E-state index < -0.39 is 17.1 Å². The quantitative estimate of drug-likeness (QED) is 0.605. The Balaban J connectivity index is 1.89. The minimum absolute atomic E-state index is 0.167. The van der Waals surface area contributed by atoms with Crippen LogP contribution in [-0.4, -0.2) is 27.3 Å². The topological polar surface area (TPSA) is 84.2 Å². The molecule has 1 aromatic carbocycles. The molecule has 1 fully saturated rings. The summed E-state index contributed by atoms with van der Waals surface area (Å²) in [6.45, 7) is 7.90. The lowest BCUT2D eigenvalue weighted by Gasteiger charge is -2.30. The van der Waals surface area contributed by atoms with Crippen LogP contribution in [0.25, 0.3) is 0 Å². The highest BCUT2D eigenvalue weighted by Gasteiger charge is 2.36. The van der Waals surface area contributed by atoms with Gasteiger partial charge in [0.25, 0.3) is 11.3 Å². The molecule has 3 rings (SSSR count). The van der Waals surface area contributed by atoms with Gasteiger partial charge < -0.3 is 10.4 Å². The minimum Gasteiger partial charge on any atom is -0.503 e. The van der Waals surface area contributed by atoms with Crippen LogP contribution in [0.4, 0.5) is 0 Å².